The van der Waals surface area contributed by atoms with Crippen LogP contribution in [0.1, 0.15) is 30.0 Å². The van der Waals surface area contributed by atoms with Gasteiger partial charge in [0.05, 0.1) is 18.8 Å². The molecule has 1 atom stereocenters. The zero-order chi connectivity index (χ0) is 17.9. The van der Waals surface area contributed by atoms with Crippen LogP contribution in [0.25, 0.3) is 0 Å². The van der Waals surface area contributed by atoms with Crippen LogP contribution in [0, 0.1) is 0 Å². The van der Waals surface area contributed by atoms with Crippen LogP contribution in [0.3, 0.4) is 0 Å². The fourth-order valence-corrected chi connectivity index (χ4v) is 3.52. The number of aryl methyl sites for hydroxylation is 1. The molecule has 0 unspecified atom stereocenters. The number of imidazole rings is 1. The fourth-order valence-electron chi connectivity index (χ4n) is 3.52. The lowest BCUT2D eigenvalue weighted by Crippen LogP contribution is -2.37. The zero-order valence-corrected chi connectivity index (χ0v) is 15.2. The van der Waals surface area contributed by atoms with Gasteiger partial charge < -0.3 is 9.30 Å². The van der Waals surface area contributed by atoms with E-state index in [2.05, 4.69) is 32.7 Å². The van der Waals surface area contributed by atoms with Crippen molar-refractivity contribution >= 4 is 0 Å². The van der Waals surface area contributed by atoms with Gasteiger partial charge in [0.2, 0.25) is 0 Å². The Morgan fingerprint density at radius 2 is 2.04 bits per heavy atom. The SMILES string of the molecule is C[C@H]1c2ncc(CCOc3ccncc3)n2CCN1Cc1cnn(C)c1. The number of nitrogens with zero attached hydrogens (tertiary/aromatic N) is 6. The third kappa shape index (κ3) is 3.48. The molecule has 3 aromatic heterocycles. The molecule has 136 valence electrons. The summed E-state index contributed by atoms with van der Waals surface area (Å²) in [5.74, 6) is 1.99. The van der Waals surface area contributed by atoms with Crippen molar-refractivity contribution in [2.45, 2.75) is 32.5 Å². The van der Waals surface area contributed by atoms with E-state index in [4.69, 9.17) is 9.72 Å². The van der Waals surface area contributed by atoms with Crippen LogP contribution in [0.4, 0.5) is 0 Å². The summed E-state index contributed by atoms with van der Waals surface area (Å²) in [5.41, 5.74) is 2.48. The van der Waals surface area contributed by atoms with Gasteiger partial charge in [-0.25, -0.2) is 4.98 Å². The molecule has 0 saturated heterocycles. The highest BCUT2D eigenvalue weighted by Crippen LogP contribution is 2.27. The van der Waals surface area contributed by atoms with Gasteiger partial charge in [-0.15, -0.1) is 0 Å². The van der Waals surface area contributed by atoms with Crippen molar-refractivity contribution in [1.82, 2.24) is 29.2 Å². The second-order valence-corrected chi connectivity index (χ2v) is 6.71. The second-order valence-electron chi connectivity index (χ2n) is 6.71. The molecule has 4 heterocycles. The van der Waals surface area contributed by atoms with Gasteiger partial charge in [-0.1, -0.05) is 0 Å². The summed E-state index contributed by atoms with van der Waals surface area (Å²) in [7, 11) is 1.95. The van der Waals surface area contributed by atoms with Gasteiger partial charge >= 0.3 is 0 Å². The van der Waals surface area contributed by atoms with E-state index in [1.807, 2.05) is 36.3 Å². The molecule has 7 nitrogen and oxygen atoms in total. The normalized spacial score (nSPS) is 17.2. The van der Waals surface area contributed by atoms with Crippen LogP contribution < -0.4 is 4.74 Å². The molecular formula is C19H24N6O. The maximum absolute atomic E-state index is 5.80. The van der Waals surface area contributed by atoms with Crippen molar-refractivity contribution < 1.29 is 4.74 Å². The Hall–Kier alpha value is -2.67. The standard InChI is InChI=1S/C19H24N6O/c1-15-19-21-12-17(5-10-26-18-3-6-20-7-4-18)25(19)9-8-24(15)14-16-11-22-23(2)13-16/h3-4,6-7,11-13,15H,5,8-10,14H2,1-2H3/t15-/m0/s1. The Balaban J connectivity index is 1.39. The molecule has 0 amide bonds. The lowest BCUT2D eigenvalue weighted by molar-refractivity contribution is 0.154. The lowest BCUT2D eigenvalue weighted by atomic mass is 10.2. The second kappa shape index (κ2) is 7.29. The Kier molecular flexibility index (Phi) is 4.71. The summed E-state index contributed by atoms with van der Waals surface area (Å²) >= 11 is 0. The highest BCUT2D eigenvalue weighted by Gasteiger charge is 2.27. The fraction of sp³-hybridized carbons (Fsp3) is 0.421. The minimum atomic E-state index is 0.291. The van der Waals surface area contributed by atoms with E-state index in [-0.39, 0.29) is 0 Å². The number of hydrogen-bond acceptors (Lipinski definition) is 5. The van der Waals surface area contributed by atoms with E-state index < -0.39 is 0 Å². The molecule has 0 spiro atoms. The van der Waals surface area contributed by atoms with Gasteiger partial charge in [-0.05, 0) is 19.1 Å². The molecular weight excluding hydrogens is 328 g/mol. The molecule has 0 fully saturated rings. The first kappa shape index (κ1) is 16.8. The van der Waals surface area contributed by atoms with Crippen LogP contribution in [-0.2, 0) is 26.6 Å². The van der Waals surface area contributed by atoms with Crippen LogP contribution in [0.5, 0.6) is 5.75 Å². The number of fused-ring (bicyclic) bond motifs is 1. The summed E-state index contributed by atoms with van der Waals surface area (Å²) in [6.07, 6.45) is 10.4. The molecule has 7 heteroatoms. The van der Waals surface area contributed by atoms with Gasteiger partial charge in [0.1, 0.15) is 11.6 Å². The minimum absolute atomic E-state index is 0.291. The smallest absolute Gasteiger partial charge is 0.126 e. The van der Waals surface area contributed by atoms with Gasteiger partial charge in [0, 0.05) is 69.1 Å². The van der Waals surface area contributed by atoms with Crippen LogP contribution in [-0.4, -0.2) is 42.4 Å². The molecule has 0 N–H and O–H groups in total. The lowest BCUT2D eigenvalue weighted by Gasteiger charge is -2.34. The largest absolute Gasteiger partial charge is 0.493 e. The van der Waals surface area contributed by atoms with E-state index >= 15 is 0 Å². The van der Waals surface area contributed by atoms with Crippen molar-refractivity contribution in [3.63, 3.8) is 0 Å². The molecule has 3 aromatic rings. The topological polar surface area (TPSA) is 61.0 Å². The minimum Gasteiger partial charge on any atom is -0.493 e. The van der Waals surface area contributed by atoms with Gasteiger partial charge in [-0.2, -0.15) is 5.10 Å². The van der Waals surface area contributed by atoms with E-state index in [0.717, 1.165) is 37.6 Å². The molecule has 1 aliphatic rings. The average molecular weight is 352 g/mol. The summed E-state index contributed by atoms with van der Waals surface area (Å²) in [6, 6.07) is 4.05. The third-order valence-corrected chi connectivity index (χ3v) is 4.92. The molecule has 4 rings (SSSR count). The van der Waals surface area contributed by atoms with E-state index in [9.17, 15) is 0 Å². The summed E-state index contributed by atoms with van der Waals surface area (Å²) in [4.78, 5) is 11.2. The summed E-state index contributed by atoms with van der Waals surface area (Å²) < 4.78 is 10.00. The number of pyridine rings is 1. The van der Waals surface area contributed by atoms with Crippen molar-refractivity contribution in [3.05, 3.63) is 60.2 Å². The van der Waals surface area contributed by atoms with Gasteiger partial charge in [0.25, 0.3) is 0 Å². The van der Waals surface area contributed by atoms with Crippen LogP contribution in [0.2, 0.25) is 0 Å². The monoisotopic (exact) mass is 352 g/mol. The predicted octanol–water partition coefficient (Wildman–Crippen LogP) is 2.21. The van der Waals surface area contributed by atoms with E-state index in [0.29, 0.717) is 12.6 Å². The maximum atomic E-state index is 5.80. The Morgan fingerprint density at radius 1 is 1.19 bits per heavy atom. The Morgan fingerprint density at radius 3 is 2.81 bits per heavy atom. The van der Waals surface area contributed by atoms with Crippen molar-refractivity contribution in [1.29, 1.82) is 0 Å². The molecule has 1 aliphatic heterocycles. The van der Waals surface area contributed by atoms with Crippen molar-refractivity contribution in [2.75, 3.05) is 13.2 Å². The number of aromatic nitrogens is 5. The zero-order valence-electron chi connectivity index (χ0n) is 15.2. The molecule has 0 aromatic carbocycles. The molecule has 0 radical (unpaired) electrons. The molecule has 0 aliphatic carbocycles. The highest BCUT2D eigenvalue weighted by atomic mass is 16.5. The molecule has 26 heavy (non-hydrogen) atoms. The summed E-state index contributed by atoms with van der Waals surface area (Å²) in [6.45, 7) is 5.75. The number of ether oxygens (including phenoxy) is 1. The van der Waals surface area contributed by atoms with Crippen molar-refractivity contribution in [2.24, 2.45) is 7.05 Å². The van der Waals surface area contributed by atoms with Gasteiger partial charge in [-0.3, -0.25) is 14.6 Å². The maximum Gasteiger partial charge on any atom is 0.126 e. The molecule has 0 bridgehead atoms. The average Bonchev–Trinajstić information content (AvgIpc) is 3.25. The third-order valence-electron chi connectivity index (χ3n) is 4.92. The van der Waals surface area contributed by atoms with Gasteiger partial charge in [0.15, 0.2) is 0 Å². The van der Waals surface area contributed by atoms with Crippen LogP contribution in [0.15, 0.2) is 43.1 Å². The van der Waals surface area contributed by atoms with E-state index in [1.165, 1.54) is 11.3 Å². The molecule has 0 saturated carbocycles. The Bertz CT molecular complexity index is 856. The number of hydrogen-bond donors (Lipinski definition) is 0. The summed E-state index contributed by atoms with van der Waals surface area (Å²) in [5, 5.41) is 4.27. The number of rotatable bonds is 6. The first-order chi connectivity index (χ1) is 12.7. The van der Waals surface area contributed by atoms with Crippen molar-refractivity contribution in [3.8, 4) is 5.75 Å². The quantitative estimate of drug-likeness (QED) is 0.681. The van der Waals surface area contributed by atoms with E-state index in [1.54, 1.807) is 12.4 Å². The van der Waals surface area contributed by atoms with Crippen LogP contribution >= 0.6 is 0 Å². The highest BCUT2D eigenvalue weighted by molar-refractivity contribution is 5.17. The predicted molar refractivity (Wildman–Crippen MR) is 97.7 cm³/mol. The first-order valence-corrected chi connectivity index (χ1v) is 8.99. The Labute approximate surface area is 153 Å². The first-order valence-electron chi connectivity index (χ1n) is 8.99.